The summed E-state index contributed by atoms with van der Waals surface area (Å²) in [4.78, 5) is 29.5. The van der Waals surface area contributed by atoms with E-state index in [2.05, 4.69) is 29.2 Å². The van der Waals surface area contributed by atoms with Crippen LogP contribution in [0.3, 0.4) is 0 Å². The van der Waals surface area contributed by atoms with Crippen molar-refractivity contribution in [2.24, 2.45) is 0 Å². The number of amides is 1. The van der Waals surface area contributed by atoms with E-state index in [1.165, 1.54) is 0 Å². The first-order valence-electron chi connectivity index (χ1n) is 14.9. The van der Waals surface area contributed by atoms with Gasteiger partial charge in [0.25, 0.3) is 0 Å². The van der Waals surface area contributed by atoms with Crippen molar-refractivity contribution in [3.8, 4) is 5.75 Å². The molecule has 0 unspecified atom stereocenters. The van der Waals surface area contributed by atoms with Gasteiger partial charge in [-0.3, -0.25) is 9.59 Å². The molecule has 0 radical (unpaired) electrons. The molecule has 7 heteroatoms. The predicted molar refractivity (Wildman–Crippen MR) is 164 cm³/mol. The minimum atomic E-state index is -0.908. The molecule has 3 aromatic carbocycles. The Bertz CT molecular complexity index is 1230. The van der Waals surface area contributed by atoms with Crippen LogP contribution < -0.4 is 4.74 Å². The summed E-state index contributed by atoms with van der Waals surface area (Å²) in [6.45, 7) is 4.82. The molecular weight excluding hydrogens is 528 g/mol. The molecule has 4 rings (SSSR count). The summed E-state index contributed by atoms with van der Waals surface area (Å²) in [5.74, 6) is 0.573. The molecule has 3 aromatic rings. The lowest BCUT2D eigenvalue weighted by Gasteiger charge is -2.41. The van der Waals surface area contributed by atoms with Gasteiger partial charge in [-0.25, -0.2) is 0 Å². The molecule has 42 heavy (non-hydrogen) atoms. The van der Waals surface area contributed by atoms with E-state index in [0.717, 1.165) is 36.3 Å². The summed E-state index contributed by atoms with van der Waals surface area (Å²) in [7, 11) is 3.65. The predicted octanol–water partition coefficient (Wildman–Crippen LogP) is 5.16. The molecule has 1 fully saturated rings. The number of ether oxygens (including phenoxy) is 2. The van der Waals surface area contributed by atoms with E-state index in [9.17, 15) is 14.7 Å². The first kappa shape index (κ1) is 31.3. The van der Waals surface area contributed by atoms with Crippen molar-refractivity contribution in [3.05, 3.63) is 102 Å². The molecule has 1 amide bonds. The summed E-state index contributed by atoms with van der Waals surface area (Å²) in [5.41, 5.74) is 1.16. The number of esters is 1. The summed E-state index contributed by atoms with van der Waals surface area (Å²) < 4.78 is 10.7. The number of carbonyl (C=O) groups is 2. The van der Waals surface area contributed by atoms with Gasteiger partial charge in [0.2, 0.25) is 5.91 Å². The van der Waals surface area contributed by atoms with Gasteiger partial charge in [-0.05, 0) is 68.0 Å². The average molecular weight is 573 g/mol. The molecule has 7 nitrogen and oxygen atoms in total. The number of aliphatic hydroxyl groups is 1. The fourth-order valence-electron chi connectivity index (χ4n) is 5.90. The van der Waals surface area contributed by atoms with Gasteiger partial charge in [0.05, 0.1) is 18.8 Å². The second kappa shape index (κ2) is 14.5. The second-order valence-corrected chi connectivity index (χ2v) is 11.2. The van der Waals surface area contributed by atoms with Crippen LogP contribution in [0.1, 0.15) is 55.7 Å². The molecule has 1 saturated heterocycles. The molecule has 1 aliphatic heterocycles. The number of hydrogen-bond acceptors (Lipinski definition) is 6. The van der Waals surface area contributed by atoms with Crippen LogP contribution in [0.2, 0.25) is 0 Å². The Labute approximate surface area is 250 Å². The highest BCUT2D eigenvalue weighted by molar-refractivity contribution is 5.92. The van der Waals surface area contributed by atoms with Gasteiger partial charge in [-0.2, -0.15) is 0 Å². The van der Waals surface area contributed by atoms with Gasteiger partial charge in [-0.15, -0.1) is 0 Å². The zero-order valence-electron chi connectivity index (χ0n) is 25.1. The Morgan fingerprint density at radius 1 is 0.905 bits per heavy atom. The standard InChI is InChI=1S/C35H44N2O5/c1-4-41-32(38)16-11-27-42-31-19-17-28(18-20-31)34(40)21-24-37(25-22-34)26-23-35(33(39)36(2)3,29-12-7-5-8-13-29)30-14-9-6-10-15-30/h5-10,12-15,17-20,40H,4,11,16,21-27H2,1-3H3. The topological polar surface area (TPSA) is 79.3 Å². The van der Waals surface area contributed by atoms with Crippen LogP contribution in [-0.4, -0.2) is 73.7 Å². The van der Waals surface area contributed by atoms with Crippen molar-refractivity contribution in [2.75, 3.05) is 46.9 Å². The van der Waals surface area contributed by atoms with Crippen LogP contribution in [-0.2, 0) is 25.3 Å². The molecule has 224 valence electrons. The summed E-state index contributed by atoms with van der Waals surface area (Å²) in [5, 5.41) is 11.5. The quantitative estimate of drug-likeness (QED) is 0.225. The third kappa shape index (κ3) is 7.39. The van der Waals surface area contributed by atoms with Crippen molar-refractivity contribution in [1.29, 1.82) is 0 Å². The number of piperidine rings is 1. The Morgan fingerprint density at radius 3 is 2.00 bits per heavy atom. The third-order valence-electron chi connectivity index (χ3n) is 8.28. The third-order valence-corrected chi connectivity index (χ3v) is 8.28. The lowest BCUT2D eigenvalue weighted by molar-refractivity contribution is -0.143. The van der Waals surface area contributed by atoms with E-state index in [1.54, 1.807) is 11.8 Å². The van der Waals surface area contributed by atoms with Crippen molar-refractivity contribution >= 4 is 11.9 Å². The molecule has 0 aromatic heterocycles. The van der Waals surface area contributed by atoms with E-state index in [-0.39, 0.29) is 11.9 Å². The molecular formula is C35H44N2O5. The fourth-order valence-corrected chi connectivity index (χ4v) is 5.90. The van der Waals surface area contributed by atoms with E-state index >= 15 is 0 Å². The number of rotatable bonds is 13. The van der Waals surface area contributed by atoms with Crippen LogP contribution in [0.25, 0.3) is 0 Å². The first-order valence-corrected chi connectivity index (χ1v) is 14.9. The zero-order valence-corrected chi connectivity index (χ0v) is 25.1. The molecule has 0 spiro atoms. The van der Waals surface area contributed by atoms with Crippen molar-refractivity contribution in [2.45, 2.75) is 50.0 Å². The smallest absolute Gasteiger partial charge is 0.305 e. The van der Waals surface area contributed by atoms with Crippen LogP contribution in [0.15, 0.2) is 84.9 Å². The maximum atomic E-state index is 13.9. The Kier molecular flexibility index (Phi) is 10.8. The normalized spacial score (nSPS) is 15.1. The average Bonchev–Trinajstić information content (AvgIpc) is 3.02. The van der Waals surface area contributed by atoms with Gasteiger partial charge in [0.15, 0.2) is 0 Å². The lowest BCUT2D eigenvalue weighted by atomic mass is 9.70. The van der Waals surface area contributed by atoms with Crippen molar-refractivity contribution in [1.82, 2.24) is 9.80 Å². The summed E-state index contributed by atoms with van der Waals surface area (Å²) >= 11 is 0. The van der Waals surface area contributed by atoms with Gasteiger partial charge in [0.1, 0.15) is 11.2 Å². The van der Waals surface area contributed by atoms with Crippen LogP contribution in [0.5, 0.6) is 5.75 Å². The molecule has 1 heterocycles. The molecule has 1 aliphatic rings. The number of hydrogen-bond donors (Lipinski definition) is 1. The van der Waals surface area contributed by atoms with Crippen LogP contribution in [0.4, 0.5) is 0 Å². The van der Waals surface area contributed by atoms with E-state index in [0.29, 0.717) is 51.1 Å². The van der Waals surface area contributed by atoms with Gasteiger partial charge in [0, 0.05) is 33.6 Å². The highest BCUT2D eigenvalue weighted by Crippen LogP contribution is 2.39. The first-order chi connectivity index (χ1) is 20.3. The molecule has 0 atom stereocenters. The number of likely N-dealkylation sites (N-methyl/N-ethyl adjacent to an activating group) is 1. The van der Waals surface area contributed by atoms with Gasteiger partial charge in [-0.1, -0.05) is 72.8 Å². The maximum Gasteiger partial charge on any atom is 0.305 e. The van der Waals surface area contributed by atoms with Crippen LogP contribution >= 0.6 is 0 Å². The second-order valence-electron chi connectivity index (χ2n) is 11.2. The SMILES string of the molecule is CCOC(=O)CCCOc1ccc(C2(O)CCN(CCC(C(=O)N(C)C)(c3ccccc3)c3ccccc3)CC2)cc1. The monoisotopic (exact) mass is 572 g/mol. The van der Waals surface area contributed by atoms with Gasteiger partial charge < -0.3 is 24.4 Å². The van der Waals surface area contributed by atoms with E-state index in [4.69, 9.17) is 9.47 Å². The van der Waals surface area contributed by atoms with Crippen molar-refractivity contribution in [3.63, 3.8) is 0 Å². The van der Waals surface area contributed by atoms with Crippen molar-refractivity contribution < 1.29 is 24.2 Å². The highest BCUT2D eigenvalue weighted by atomic mass is 16.5. The number of likely N-dealkylation sites (tertiary alicyclic amines) is 1. The Morgan fingerprint density at radius 2 is 1.48 bits per heavy atom. The summed E-state index contributed by atoms with van der Waals surface area (Å²) in [6, 6.07) is 27.8. The Hall–Kier alpha value is -3.68. The van der Waals surface area contributed by atoms with Gasteiger partial charge >= 0.3 is 5.97 Å². The number of nitrogens with zero attached hydrogens (tertiary/aromatic N) is 2. The minimum absolute atomic E-state index is 0.0663. The largest absolute Gasteiger partial charge is 0.494 e. The lowest BCUT2D eigenvalue weighted by Crippen LogP contribution is -2.48. The molecule has 1 N–H and O–H groups in total. The Balaban J connectivity index is 1.39. The highest BCUT2D eigenvalue weighted by Gasteiger charge is 2.43. The molecule has 0 saturated carbocycles. The molecule has 0 aliphatic carbocycles. The molecule has 0 bridgehead atoms. The van der Waals surface area contributed by atoms with E-state index < -0.39 is 11.0 Å². The zero-order chi connectivity index (χ0) is 30.0. The fraction of sp³-hybridized carbons (Fsp3) is 0.429. The number of benzene rings is 3. The summed E-state index contributed by atoms with van der Waals surface area (Å²) in [6.07, 6.45) is 2.79. The number of carbonyl (C=O) groups excluding carboxylic acids is 2. The van der Waals surface area contributed by atoms with E-state index in [1.807, 2.05) is 74.8 Å². The minimum Gasteiger partial charge on any atom is -0.494 e. The maximum absolute atomic E-state index is 13.9. The van der Waals surface area contributed by atoms with Crippen LogP contribution in [0, 0.1) is 0 Å².